The van der Waals surface area contributed by atoms with Crippen LogP contribution in [0.5, 0.6) is 11.5 Å². The highest BCUT2D eigenvalue weighted by molar-refractivity contribution is 5.94. The first-order valence-electron chi connectivity index (χ1n) is 9.86. The van der Waals surface area contributed by atoms with E-state index in [-0.39, 0.29) is 23.6 Å². The average molecular weight is 421 g/mol. The Balaban J connectivity index is 1.85. The van der Waals surface area contributed by atoms with E-state index in [9.17, 15) is 13.6 Å². The minimum Gasteiger partial charge on any atom is -0.489 e. The normalized spacial score (nSPS) is 12.1. The number of carbonyl (C=O) groups is 1. The maximum absolute atomic E-state index is 12.8. The second-order valence-corrected chi connectivity index (χ2v) is 8.55. The van der Waals surface area contributed by atoms with E-state index in [1.165, 1.54) is 12.1 Å². The summed E-state index contributed by atoms with van der Waals surface area (Å²) in [6.45, 7) is 6.16. The second kappa shape index (κ2) is 9.98. The maximum Gasteiger partial charge on any atom is 0.394 e. The van der Waals surface area contributed by atoms with Crippen molar-refractivity contribution in [2.24, 2.45) is 5.41 Å². The van der Waals surface area contributed by atoms with Crippen molar-refractivity contribution in [2.75, 3.05) is 20.6 Å². The number of rotatable bonds is 11. The molecule has 2 rings (SSSR count). The highest BCUT2D eigenvalue weighted by Crippen LogP contribution is 2.25. The summed E-state index contributed by atoms with van der Waals surface area (Å²) in [4.78, 5) is 18.8. The lowest BCUT2D eigenvalue weighted by molar-refractivity contribution is -0.158. The summed E-state index contributed by atoms with van der Waals surface area (Å²) >= 11 is 0. The molecule has 0 unspecified atom stereocenters. The molecule has 1 heterocycles. The third kappa shape index (κ3) is 8.45. The van der Waals surface area contributed by atoms with Crippen molar-refractivity contribution in [1.82, 2.24) is 9.88 Å². The minimum atomic E-state index is -3.23. The van der Waals surface area contributed by atoms with Gasteiger partial charge in [-0.05, 0) is 56.3 Å². The number of pyridine rings is 1. The fraction of sp³-hybridized carbons (Fsp3) is 0.478. The van der Waals surface area contributed by atoms with Crippen LogP contribution >= 0.6 is 0 Å². The van der Waals surface area contributed by atoms with Crippen LogP contribution in [-0.4, -0.2) is 42.4 Å². The Bertz CT molecular complexity index is 814. The van der Waals surface area contributed by atoms with Crippen LogP contribution in [0, 0.1) is 5.41 Å². The van der Waals surface area contributed by atoms with Crippen LogP contribution in [0.25, 0.3) is 0 Å². The number of ketones is 1. The zero-order chi connectivity index (χ0) is 22.4. The molecule has 0 saturated heterocycles. The average Bonchev–Trinajstić information content (AvgIpc) is 2.64. The molecule has 0 radical (unpaired) electrons. The minimum absolute atomic E-state index is 0.0256. The molecule has 1 aromatic carbocycles. The van der Waals surface area contributed by atoms with Crippen molar-refractivity contribution in [3.63, 3.8) is 0 Å². The summed E-state index contributed by atoms with van der Waals surface area (Å²) in [5.41, 5.74) is 1.31. The maximum atomic E-state index is 12.8. The summed E-state index contributed by atoms with van der Waals surface area (Å²) in [5.74, 6) is 0.607. The summed E-state index contributed by atoms with van der Waals surface area (Å²) in [6, 6.07) is 9.47. The molecule has 5 nitrogen and oxygen atoms in total. The van der Waals surface area contributed by atoms with Gasteiger partial charge in [0.25, 0.3) is 0 Å². The molecular weight excluding hydrogens is 390 g/mol. The molecule has 0 atom stereocenters. The van der Waals surface area contributed by atoms with Gasteiger partial charge < -0.3 is 14.4 Å². The predicted molar refractivity (Wildman–Crippen MR) is 112 cm³/mol. The summed E-state index contributed by atoms with van der Waals surface area (Å²) < 4.78 is 35.8. The topological polar surface area (TPSA) is 51.7 Å². The number of alkyl halides is 2. The number of ether oxygens (including phenoxy) is 2. The zero-order valence-corrected chi connectivity index (χ0v) is 18.2. The lowest BCUT2D eigenvalue weighted by Crippen LogP contribution is -2.29. The molecule has 2 aromatic rings. The van der Waals surface area contributed by atoms with Crippen molar-refractivity contribution < 1.29 is 23.0 Å². The van der Waals surface area contributed by atoms with Gasteiger partial charge in [0.2, 0.25) is 0 Å². The van der Waals surface area contributed by atoms with Crippen LogP contribution in [0.2, 0.25) is 0 Å². The standard InChI is InChI=1S/C23H30F2N2O3/c1-22(2,16-27(4)5)13-12-21(28)20-11-6-17(14-26-20)15-29-18-7-9-19(10-8-18)30-23(3,24)25/h6-11,14H,12-13,15-16H2,1-5H3. The van der Waals surface area contributed by atoms with Crippen LogP contribution < -0.4 is 9.47 Å². The number of nitrogens with zero attached hydrogens (tertiary/aromatic N) is 2. The van der Waals surface area contributed by atoms with Crippen molar-refractivity contribution in [3.05, 3.63) is 53.9 Å². The van der Waals surface area contributed by atoms with Crippen LogP contribution in [0.1, 0.15) is 49.7 Å². The SMILES string of the molecule is CN(C)CC(C)(C)CCC(=O)c1ccc(COc2ccc(OC(C)(F)F)cc2)cn1. The molecule has 0 aliphatic heterocycles. The van der Waals surface area contributed by atoms with Gasteiger partial charge in [0.15, 0.2) is 5.78 Å². The van der Waals surface area contributed by atoms with Crippen molar-refractivity contribution in [2.45, 2.75) is 46.3 Å². The quantitative estimate of drug-likeness (QED) is 0.468. The van der Waals surface area contributed by atoms with Crippen LogP contribution in [-0.2, 0) is 6.61 Å². The van der Waals surface area contributed by atoms with E-state index in [0.29, 0.717) is 24.8 Å². The lowest BCUT2D eigenvalue weighted by Gasteiger charge is -2.27. The van der Waals surface area contributed by atoms with Crippen LogP contribution in [0.15, 0.2) is 42.6 Å². The summed E-state index contributed by atoms with van der Waals surface area (Å²) in [5, 5.41) is 0. The molecule has 0 saturated carbocycles. The van der Waals surface area contributed by atoms with E-state index in [1.807, 2.05) is 14.1 Å². The molecule has 0 spiro atoms. The van der Waals surface area contributed by atoms with Crippen molar-refractivity contribution in [3.8, 4) is 11.5 Å². The van der Waals surface area contributed by atoms with E-state index in [0.717, 1.165) is 18.5 Å². The Morgan fingerprint density at radius 3 is 2.20 bits per heavy atom. The Labute approximate surface area is 177 Å². The summed E-state index contributed by atoms with van der Waals surface area (Å²) in [7, 11) is 4.05. The molecule has 164 valence electrons. The Hall–Kier alpha value is -2.54. The molecule has 0 amide bonds. The van der Waals surface area contributed by atoms with E-state index < -0.39 is 6.11 Å². The predicted octanol–water partition coefficient (Wildman–Crippen LogP) is 5.20. The fourth-order valence-corrected chi connectivity index (χ4v) is 3.17. The zero-order valence-electron chi connectivity index (χ0n) is 18.2. The van der Waals surface area contributed by atoms with Gasteiger partial charge in [-0.3, -0.25) is 9.78 Å². The Morgan fingerprint density at radius 2 is 1.67 bits per heavy atom. The molecule has 30 heavy (non-hydrogen) atoms. The molecule has 0 aliphatic carbocycles. The van der Waals surface area contributed by atoms with Crippen LogP contribution in [0.4, 0.5) is 8.78 Å². The van der Waals surface area contributed by atoms with Gasteiger partial charge in [-0.15, -0.1) is 0 Å². The van der Waals surface area contributed by atoms with Gasteiger partial charge in [0, 0.05) is 31.6 Å². The Morgan fingerprint density at radius 1 is 1.03 bits per heavy atom. The van der Waals surface area contributed by atoms with Gasteiger partial charge >= 0.3 is 6.11 Å². The number of carbonyl (C=O) groups excluding carboxylic acids is 1. The van der Waals surface area contributed by atoms with Crippen molar-refractivity contribution >= 4 is 5.78 Å². The van der Waals surface area contributed by atoms with E-state index in [1.54, 1.807) is 30.5 Å². The molecule has 0 aliphatic rings. The molecule has 0 bridgehead atoms. The first kappa shape index (κ1) is 23.7. The first-order valence-corrected chi connectivity index (χ1v) is 9.86. The molecule has 1 aromatic heterocycles. The monoisotopic (exact) mass is 420 g/mol. The number of Topliss-reactive ketones (excluding diaryl/α,β-unsaturated/α-hetero) is 1. The third-order valence-corrected chi connectivity index (χ3v) is 4.41. The Kier molecular flexibility index (Phi) is 7.89. The van der Waals surface area contributed by atoms with Crippen LogP contribution in [0.3, 0.4) is 0 Å². The van der Waals surface area contributed by atoms with Crippen molar-refractivity contribution in [1.29, 1.82) is 0 Å². The van der Waals surface area contributed by atoms with Gasteiger partial charge in [-0.2, -0.15) is 8.78 Å². The molecular formula is C23H30F2N2O3. The number of hydrogen-bond donors (Lipinski definition) is 0. The number of benzene rings is 1. The smallest absolute Gasteiger partial charge is 0.394 e. The van der Waals surface area contributed by atoms with E-state index in [4.69, 9.17) is 4.74 Å². The third-order valence-electron chi connectivity index (χ3n) is 4.41. The number of aromatic nitrogens is 1. The van der Waals surface area contributed by atoms with Gasteiger partial charge in [0.1, 0.15) is 23.8 Å². The van der Waals surface area contributed by atoms with E-state index >= 15 is 0 Å². The largest absolute Gasteiger partial charge is 0.489 e. The molecule has 0 N–H and O–H groups in total. The number of hydrogen-bond acceptors (Lipinski definition) is 5. The molecule has 7 heteroatoms. The van der Waals surface area contributed by atoms with Gasteiger partial charge in [0.05, 0.1) is 0 Å². The first-order chi connectivity index (χ1) is 13.9. The van der Waals surface area contributed by atoms with Gasteiger partial charge in [-0.25, -0.2) is 0 Å². The van der Waals surface area contributed by atoms with E-state index in [2.05, 4.69) is 28.5 Å². The highest BCUT2D eigenvalue weighted by atomic mass is 19.3. The second-order valence-electron chi connectivity index (χ2n) is 8.55. The fourth-order valence-electron chi connectivity index (χ4n) is 3.17. The number of halogens is 2. The lowest BCUT2D eigenvalue weighted by atomic mass is 9.86. The molecule has 0 fully saturated rings. The van der Waals surface area contributed by atoms with Gasteiger partial charge in [-0.1, -0.05) is 19.9 Å². The summed E-state index contributed by atoms with van der Waals surface area (Å²) in [6.07, 6.45) is -0.363. The highest BCUT2D eigenvalue weighted by Gasteiger charge is 2.23.